The van der Waals surface area contributed by atoms with Crippen molar-refractivity contribution in [3.8, 4) is 0 Å². The maximum Gasteiger partial charge on any atom is 0.331 e. The predicted octanol–water partition coefficient (Wildman–Crippen LogP) is 3.49. The number of carbonyl (C=O) groups excluding carboxylic acids is 3. The molecule has 0 saturated heterocycles. The molecule has 2 rings (SSSR count). The highest BCUT2D eigenvalue weighted by atomic mass is 35.5. The summed E-state index contributed by atoms with van der Waals surface area (Å²) in [5.74, 6) is -1.34. The van der Waals surface area contributed by atoms with Crippen LogP contribution in [0.2, 0.25) is 5.02 Å². The zero-order valence-electron chi connectivity index (χ0n) is 14.0. The lowest BCUT2D eigenvalue weighted by atomic mass is 10.2. The van der Waals surface area contributed by atoms with E-state index in [0.717, 1.165) is 5.56 Å². The van der Waals surface area contributed by atoms with Crippen molar-refractivity contribution in [2.75, 3.05) is 17.2 Å². The average molecular weight is 373 g/mol. The van der Waals surface area contributed by atoms with Crippen LogP contribution in [0.15, 0.2) is 54.6 Å². The third kappa shape index (κ3) is 6.78. The molecule has 134 valence electrons. The van der Waals surface area contributed by atoms with Crippen LogP contribution in [-0.2, 0) is 19.1 Å². The van der Waals surface area contributed by atoms with Crippen LogP contribution in [0.3, 0.4) is 0 Å². The highest BCUT2D eigenvalue weighted by Gasteiger charge is 2.06. The van der Waals surface area contributed by atoms with Crippen LogP contribution in [-0.4, -0.2) is 24.4 Å². The zero-order valence-corrected chi connectivity index (χ0v) is 14.7. The summed E-state index contributed by atoms with van der Waals surface area (Å²) in [7, 11) is 0. The third-order valence-electron chi connectivity index (χ3n) is 3.09. The molecule has 26 heavy (non-hydrogen) atoms. The number of hydrogen-bond donors (Lipinski definition) is 2. The van der Waals surface area contributed by atoms with Crippen molar-refractivity contribution in [1.29, 1.82) is 0 Å². The Hall–Kier alpha value is -3.12. The molecule has 0 atom stereocenters. The van der Waals surface area contributed by atoms with Gasteiger partial charge in [-0.2, -0.15) is 0 Å². The SMILES string of the molecule is CC(=O)Nc1cccc(NC(=O)COC(=O)/C=C/c2ccc(Cl)cc2)c1. The molecule has 2 aromatic carbocycles. The van der Waals surface area contributed by atoms with Gasteiger partial charge < -0.3 is 15.4 Å². The summed E-state index contributed by atoms with van der Waals surface area (Å²) in [4.78, 5) is 34.5. The van der Waals surface area contributed by atoms with E-state index in [1.165, 1.54) is 13.0 Å². The van der Waals surface area contributed by atoms with Crippen LogP contribution in [0.25, 0.3) is 6.08 Å². The minimum Gasteiger partial charge on any atom is -0.452 e. The average Bonchev–Trinajstić information content (AvgIpc) is 2.59. The fraction of sp³-hybridized carbons (Fsp3) is 0.105. The summed E-state index contributed by atoms with van der Waals surface area (Å²) >= 11 is 5.78. The highest BCUT2D eigenvalue weighted by molar-refractivity contribution is 6.30. The van der Waals surface area contributed by atoms with E-state index >= 15 is 0 Å². The third-order valence-corrected chi connectivity index (χ3v) is 3.35. The van der Waals surface area contributed by atoms with Gasteiger partial charge in [-0.3, -0.25) is 9.59 Å². The molecular weight excluding hydrogens is 356 g/mol. The van der Waals surface area contributed by atoms with E-state index in [0.29, 0.717) is 16.4 Å². The standard InChI is InChI=1S/C19H17ClN2O4/c1-13(23)21-16-3-2-4-17(11-16)22-18(24)12-26-19(25)10-7-14-5-8-15(20)9-6-14/h2-11H,12H2,1H3,(H,21,23)(H,22,24)/b10-7+. The number of nitrogens with one attached hydrogen (secondary N) is 2. The molecule has 0 heterocycles. The lowest BCUT2D eigenvalue weighted by Gasteiger charge is -2.08. The second-order valence-electron chi connectivity index (χ2n) is 5.30. The van der Waals surface area contributed by atoms with Crippen molar-refractivity contribution in [2.45, 2.75) is 6.92 Å². The monoisotopic (exact) mass is 372 g/mol. The van der Waals surface area contributed by atoms with Gasteiger partial charge >= 0.3 is 5.97 Å². The minimum absolute atomic E-state index is 0.213. The molecule has 2 aromatic rings. The normalized spacial score (nSPS) is 10.4. The lowest BCUT2D eigenvalue weighted by molar-refractivity contribution is -0.142. The minimum atomic E-state index is -0.637. The van der Waals surface area contributed by atoms with Crippen LogP contribution >= 0.6 is 11.6 Å². The smallest absolute Gasteiger partial charge is 0.331 e. The van der Waals surface area contributed by atoms with Gasteiger partial charge in [0.15, 0.2) is 6.61 Å². The van der Waals surface area contributed by atoms with Crippen molar-refractivity contribution in [2.24, 2.45) is 0 Å². The van der Waals surface area contributed by atoms with E-state index in [1.54, 1.807) is 54.6 Å². The van der Waals surface area contributed by atoms with E-state index in [4.69, 9.17) is 16.3 Å². The molecule has 0 bridgehead atoms. The summed E-state index contributed by atoms with van der Waals surface area (Å²) < 4.78 is 4.88. The Morgan fingerprint density at radius 3 is 2.35 bits per heavy atom. The van der Waals surface area contributed by atoms with Crippen molar-refractivity contribution in [1.82, 2.24) is 0 Å². The summed E-state index contributed by atoms with van der Waals surface area (Å²) in [6, 6.07) is 13.5. The molecule has 6 nitrogen and oxygen atoms in total. The second kappa shape index (κ2) is 9.39. The molecule has 7 heteroatoms. The number of halogens is 1. The van der Waals surface area contributed by atoms with E-state index in [-0.39, 0.29) is 5.91 Å². The first-order valence-electron chi connectivity index (χ1n) is 7.70. The number of esters is 1. The molecule has 0 saturated carbocycles. The van der Waals surface area contributed by atoms with Crippen LogP contribution in [0.4, 0.5) is 11.4 Å². The summed E-state index contributed by atoms with van der Waals surface area (Å²) in [5, 5.41) is 5.80. The number of hydrogen-bond acceptors (Lipinski definition) is 4. The van der Waals surface area contributed by atoms with Crippen LogP contribution in [0.5, 0.6) is 0 Å². The number of benzene rings is 2. The lowest BCUT2D eigenvalue weighted by Crippen LogP contribution is -2.20. The van der Waals surface area contributed by atoms with Gasteiger partial charge in [-0.05, 0) is 42.0 Å². The van der Waals surface area contributed by atoms with Crippen molar-refractivity contribution in [3.63, 3.8) is 0 Å². The molecule has 0 aromatic heterocycles. The quantitative estimate of drug-likeness (QED) is 0.600. The van der Waals surface area contributed by atoms with Gasteiger partial charge in [-0.25, -0.2) is 4.79 Å². The zero-order chi connectivity index (χ0) is 18.9. The number of carbonyl (C=O) groups is 3. The van der Waals surface area contributed by atoms with Gasteiger partial charge in [-0.15, -0.1) is 0 Å². The van der Waals surface area contributed by atoms with Crippen molar-refractivity contribution >= 4 is 46.8 Å². The van der Waals surface area contributed by atoms with Crippen LogP contribution < -0.4 is 10.6 Å². The van der Waals surface area contributed by atoms with Gasteiger partial charge in [0.1, 0.15) is 0 Å². The summed E-state index contributed by atoms with van der Waals surface area (Å²) in [6.07, 6.45) is 2.79. The van der Waals surface area contributed by atoms with Crippen LogP contribution in [0, 0.1) is 0 Å². The Bertz CT molecular complexity index is 832. The first-order chi connectivity index (χ1) is 12.4. The van der Waals surface area contributed by atoms with Crippen molar-refractivity contribution < 1.29 is 19.1 Å². The van der Waals surface area contributed by atoms with Crippen LogP contribution in [0.1, 0.15) is 12.5 Å². The summed E-state index contributed by atoms with van der Waals surface area (Å²) in [5.41, 5.74) is 1.82. The van der Waals surface area contributed by atoms with Crippen molar-refractivity contribution in [3.05, 3.63) is 65.2 Å². The molecule has 0 aliphatic carbocycles. The van der Waals surface area contributed by atoms with E-state index in [9.17, 15) is 14.4 Å². The fourth-order valence-corrected chi connectivity index (χ4v) is 2.12. The van der Waals surface area contributed by atoms with E-state index < -0.39 is 18.5 Å². The first kappa shape index (κ1) is 19.2. The Morgan fingerprint density at radius 1 is 1.04 bits per heavy atom. The molecule has 0 aliphatic heterocycles. The van der Waals surface area contributed by atoms with Gasteiger partial charge in [0.05, 0.1) is 0 Å². The number of amides is 2. The molecule has 2 N–H and O–H groups in total. The summed E-state index contributed by atoms with van der Waals surface area (Å²) in [6.45, 7) is 0.969. The molecule has 0 aliphatic rings. The molecule has 2 amide bonds. The Kier molecular flexibility index (Phi) is 6.93. The topological polar surface area (TPSA) is 84.5 Å². The molecule has 0 fully saturated rings. The first-order valence-corrected chi connectivity index (χ1v) is 8.08. The number of anilines is 2. The molecule has 0 unspecified atom stereocenters. The van der Waals surface area contributed by atoms with Gasteiger partial charge in [0.25, 0.3) is 5.91 Å². The fourth-order valence-electron chi connectivity index (χ4n) is 2.00. The maximum atomic E-state index is 11.8. The van der Waals surface area contributed by atoms with E-state index in [2.05, 4.69) is 10.6 Å². The largest absolute Gasteiger partial charge is 0.452 e. The Balaban J connectivity index is 1.81. The maximum absolute atomic E-state index is 11.8. The van der Waals surface area contributed by atoms with Gasteiger partial charge in [0, 0.05) is 29.4 Å². The Labute approximate surface area is 155 Å². The number of rotatable bonds is 6. The van der Waals surface area contributed by atoms with Gasteiger partial charge in [0.2, 0.25) is 5.91 Å². The highest BCUT2D eigenvalue weighted by Crippen LogP contribution is 2.15. The molecule has 0 radical (unpaired) electrons. The van der Waals surface area contributed by atoms with Gasteiger partial charge in [-0.1, -0.05) is 29.8 Å². The Morgan fingerprint density at radius 2 is 1.69 bits per heavy atom. The number of ether oxygens (including phenoxy) is 1. The molecular formula is C19H17ClN2O4. The van der Waals surface area contributed by atoms with E-state index in [1.807, 2.05) is 0 Å². The predicted molar refractivity (Wildman–Crippen MR) is 101 cm³/mol. The molecule has 0 spiro atoms. The second-order valence-corrected chi connectivity index (χ2v) is 5.74.